The maximum atomic E-state index is 13.3. The third-order valence-corrected chi connectivity index (χ3v) is 7.27. The number of halogens is 1. The van der Waals surface area contributed by atoms with Crippen LogP contribution in [0.4, 0.5) is 5.69 Å². The van der Waals surface area contributed by atoms with E-state index < -0.39 is 17.7 Å². The molecule has 1 atom stereocenters. The van der Waals surface area contributed by atoms with E-state index in [0.29, 0.717) is 18.0 Å². The number of hydrogen-bond donors (Lipinski definition) is 1. The lowest BCUT2D eigenvalue weighted by atomic mass is 9.98. The normalized spacial score (nSPS) is 17.6. The lowest BCUT2D eigenvalue weighted by Crippen LogP contribution is -2.29. The lowest BCUT2D eigenvalue weighted by Gasteiger charge is -2.25. The van der Waals surface area contributed by atoms with E-state index in [9.17, 15) is 14.7 Å². The molecule has 1 aromatic heterocycles. The molecule has 0 radical (unpaired) electrons. The predicted octanol–water partition coefficient (Wildman–Crippen LogP) is 6.35. The molecular weight excluding hydrogens is 458 g/mol. The fraction of sp³-hybridized carbons (Fsp3) is 0.231. The van der Waals surface area contributed by atoms with Crippen LogP contribution in [0.1, 0.15) is 40.1 Å². The average molecular weight is 482 g/mol. The van der Waals surface area contributed by atoms with Gasteiger partial charge in [0.25, 0.3) is 11.7 Å². The van der Waals surface area contributed by atoms with Crippen LogP contribution in [0.5, 0.6) is 5.75 Å². The van der Waals surface area contributed by atoms with Gasteiger partial charge in [-0.25, -0.2) is 0 Å². The number of Topliss-reactive ketones (excluding diaryl/α,β-unsaturated/α-hetero) is 1. The van der Waals surface area contributed by atoms with Crippen molar-refractivity contribution in [2.45, 2.75) is 33.7 Å². The molecule has 5 nitrogen and oxygen atoms in total. The van der Waals surface area contributed by atoms with Gasteiger partial charge in [0.1, 0.15) is 17.6 Å². The Morgan fingerprint density at radius 3 is 2.45 bits per heavy atom. The Hall–Kier alpha value is -3.09. The third-order valence-electron chi connectivity index (χ3n) is 5.87. The molecule has 2 aromatic carbocycles. The number of nitrogens with zero attached hydrogens (tertiary/aromatic N) is 1. The molecule has 1 amide bonds. The van der Waals surface area contributed by atoms with E-state index in [1.807, 2.05) is 57.3 Å². The van der Waals surface area contributed by atoms with E-state index in [1.54, 1.807) is 18.2 Å². The first-order chi connectivity index (χ1) is 15.7. The van der Waals surface area contributed by atoms with Crippen molar-refractivity contribution in [1.82, 2.24) is 0 Å². The van der Waals surface area contributed by atoms with Crippen molar-refractivity contribution in [2.24, 2.45) is 0 Å². The Balaban J connectivity index is 1.96. The molecule has 1 aliphatic heterocycles. The minimum Gasteiger partial charge on any atom is -0.507 e. The standard InChI is InChI=1S/C26H24ClNO4S/c1-5-32-18-8-9-20(27)19(13-18)23(29)21-22(25-15(3)10-11-33-25)28(26(31)24(21)30)17-7-6-14(2)16(4)12-17/h6-13,22,29H,5H2,1-4H3/b23-21-. The molecule has 170 valence electrons. The van der Waals surface area contributed by atoms with Gasteiger partial charge in [-0.15, -0.1) is 11.3 Å². The zero-order valence-corrected chi connectivity index (χ0v) is 20.4. The molecule has 0 spiro atoms. The van der Waals surface area contributed by atoms with Crippen LogP contribution < -0.4 is 9.64 Å². The van der Waals surface area contributed by atoms with Crippen molar-refractivity contribution < 1.29 is 19.4 Å². The Kier molecular flexibility index (Phi) is 6.32. The maximum Gasteiger partial charge on any atom is 0.300 e. The summed E-state index contributed by atoms with van der Waals surface area (Å²) in [6.45, 7) is 8.16. The number of amides is 1. The molecule has 3 aromatic rings. The van der Waals surface area contributed by atoms with Crippen molar-refractivity contribution in [3.8, 4) is 5.75 Å². The molecule has 1 saturated heterocycles. The van der Waals surface area contributed by atoms with Crippen LogP contribution in [0.25, 0.3) is 5.76 Å². The zero-order chi connectivity index (χ0) is 23.9. The number of rotatable bonds is 5. The first kappa shape index (κ1) is 23.1. The SMILES string of the molecule is CCOc1ccc(Cl)c(/C(O)=C2/C(=O)C(=O)N(c3ccc(C)c(C)c3)C2c2sccc2C)c1. The Bertz CT molecular complexity index is 1290. The van der Waals surface area contributed by atoms with Crippen LogP contribution in [0.15, 0.2) is 53.4 Å². The topological polar surface area (TPSA) is 66.8 Å². The summed E-state index contributed by atoms with van der Waals surface area (Å²) in [4.78, 5) is 28.9. The summed E-state index contributed by atoms with van der Waals surface area (Å²) >= 11 is 7.83. The number of hydrogen-bond acceptors (Lipinski definition) is 5. The first-order valence-electron chi connectivity index (χ1n) is 10.6. The third kappa shape index (κ3) is 4.05. The monoisotopic (exact) mass is 481 g/mol. The van der Waals surface area contributed by atoms with Gasteiger partial charge in [-0.2, -0.15) is 0 Å². The Labute approximate surface area is 201 Å². The molecule has 1 aliphatic rings. The molecule has 2 heterocycles. The number of aryl methyl sites for hydroxylation is 3. The number of anilines is 1. The summed E-state index contributed by atoms with van der Waals surface area (Å²) in [6, 6.07) is 11.7. The van der Waals surface area contributed by atoms with Crippen LogP contribution in [0.3, 0.4) is 0 Å². The van der Waals surface area contributed by atoms with Gasteiger partial charge in [-0.3, -0.25) is 14.5 Å². The van der Waals surface area contributed by atoms with Crippen molar-refractivity contribution in [2.75, 3.05) is 11.5 Å². The molecule has 0 saturated carbocycles. The van der Waals surface area contributed by atoms with E-state index >= 15 is 0 Å². The van der Waals surface area contributed by atoms with Crippen molar-refractivity contribution in [3.05, 3.63) is 85.6 Å². The van der Waals surface area contributed by atoms with Gasteiger partial charge >= 0.3 is 0 Å². The molecule has 1 unspecified atom stereocenters. The summed E-state index contributed by atoms with van der Waals surface area (Å²) in [5.41, 5.74) is 3.88. The fourth-order valence-electron chi connectivity index (χ4n) is 3.97. The van der Waals surface area contributed by atoms with Crippen LogP contribution in [0, 0.1) is 20.8 Å². The fourth-order valence-corrected chi connectivity index (χ4v) is 5.21. The maximum absolute atomic E-state index is 13.3. The number of ketones is 1. The largest absolute Gasteiger partial charge is 0.507 e. The van der Waals surface area contributed by atoms with Crippen molar-refractivity contribution in [3.63, 3.8) is 0 Å². The van der Waals surface area contributed by atoms with Gasteiger partial charge in [0.2, 0.25) is 0 Å². The van der Waals surface area contributed by atoms with Gasteiger partial charge in [0, 0.05) is 16.1 Å². The van der Waals surface area contributed by atoms with E-state index in [4.69, 9.17) is 16.3 Å². The van der Waals surface area contributed by atoms with Crippen LogP contribution in [-0.2, 0) is 9.59 Å². The minimum absolute atomic E-state index is 0.0133. The van der Waals surface area contributed by atoms with Crippen LogP contribution in [0.2, 0.25) is 5.02 Å². The summed E-state index contributed by atoms with van der Waals surface area (Å²) in [7, 11) is 0. The highest BCUT2D eigenvalue weighted by Crippen LogP contribution is 2.45. The second kappa shape index (κ2) is 9.04. The minimum atomic E-state index is -0.765. The van der Waals surface area contributed by atoms with Crippen molar-refractivity contribution in [1.29, 1.82) is 0 Å². The number of benzene rings is 2. The predicted molar refractivity (Wildman–Crippen MR) is 132 cm³/mol. The van der Waals surface area contributed by atoms with E-state index in [1.165, 1.54) is 16.2 Å². The number of ether oxygens (including phenoxy) is 1. The Morgan fingerprint density at radius 1 is 1.06 bits per heavy atom. The van der Waals surface area contributed by atoms with Gasteiger partial charge in [0.15, 0.2) is 0 Å². The summed E-state index contributed by atoms with van der Waals surface area (Å²) < 4.78 is 5.54. The highest BCUT2D eigenvalue weighted by molar-refractivity contribution is 7.10. The van der Waals surface area contributed by atoms with Gasteiger partial charge in [0.05, 0.1) is 17.2 Å². The highest BCUT2D eigenvalue weighted by atomic mass is 35.5. The first-order valence-corrected chi connectivity index (χ1v) is 11.8. The number of aliphatic hydroxyl groups is 1. The van der Waals surface area contributed by atoms with Crippen LogP contribution in [-0.4, -0.2) is 23.4 Å². The van der Waals surface area contributed by atoms with Crippen molar-refractivity contribution >= 4 is 46.1 Å². The zero-order valence-electron chi connectivity index (χ0n) is 18.8. The van der Waals surface area contributed by atoms with E-state index in [-0.39, 0.29) is 21.9 Å². The molecule has 1 fully saturated rings. The lowest BCUT2D eigenvalue weighted by molar-refractivity contribution is -0.132. The smallest absolute Gasteiger partial charge is 0.300 e. The molecule has 33 heavy (non-hydrogen) atoms. The second-order valence-electron chi connectivity index (χ2n) is 7.98. The highest BCUT2D eigenvalue weighted by Gasteiger charge is 2.48. The number of carbonyl (C=O) groups is 2. The summed E-state index contributed by atoms with van der Waals surface area (Å²) in [5.74, 6) is -1.24. The quantitative estimate of drug-likeness (QED) is 0.262. The summed E-state index contributed by atoms with van der Waals surface area (Å²) in [5, 5.41) is 13.5. The Morgan fingerprint density at radius 2 is 1.82 bits per heavy atom. The van der Waals surface area contributed by atoms with Gasteiger partial charge < -0.3 is 9.84 Å². The number of thiophene rings is 1. The molecular formula is C26H24ClNO4S. The average Bonchev–Trinajstić information content (AvgIpc) is 3.32. The molecule has 0 bridgehead atoms. The summed E-state index contributed by atoms with van der Waals surface area (Å²) in [6.07, 6.45) is 0. The number of carbonyl (C=O) groups excluding carboxylic acids is 2. The van der Waals surface area contributed by atoms with E-state index in [2.05, 4.69) is 0 Å². The number of aliphatic hydroxyl groups excluding tert-OH is 1. The molecule has 1 N–H and O–H groups in total. The second-order valence-corrected chi connectivity index (χ2v) is 9.34. The van der Waals surface area contributed by atoms with Gasteiger partial charge in [-0.05, 0) is 86.2 Å². The molecule has 4 rings (SSSR count). The molecule has 0 aliphatic carbocycles. The van der Waals surface area contributed by atoms with Gasteiger partial charge in [-0.1, -0.05) is 17.7 Å². The van der Waals surface area contributed by atoms with Crippen LogP contribution >= 0.6 is 22.9 Å². The molecule has 7 heteroatoms. The van der Waals surface area contributed by atoms with E-state index in [0.717, 1.165) is 21.6 Å².